The van der Waals surface area contributed by atoms with Gasteiger partial charge in [-0.3, -0.25) is 14.8 Å². The number of benzene rings is 3. The Balaban J connectivity index is 1.22. The summed E-state index contributed by atoms with van der Waals surface area (Å²) in [6.45, 7) is 5.82. The van der Waals surface area contributed by atoms with Gasteiger partial charge in [-0.2, -0.15) is 5.26 Å². The molecule has 8 nitrogen and oxygen atoms in total. The largest absolute Gasteiger partial charge is 0.395 e. The van der Waals surface area contributed by atoms with Gasteiger partial charge in [0.25, 0.3) is 0 Å². The first kappa shape index (κ1) is 29.2. The van der Waals surface area contributed by atoms with Gasteiger partial charge < -0.3 is 15.0 Å². The monoisotopic (exact) mass is 609 g/mol. The third-order valence-electron chi connectivity index (χ3n) is 7.72. The van der Waals surface area contributed by atoms with Crippen LogP contribution < -0.4 is 5.32 Å². The summed E-state index contributed by atoms with van der Waals surface area (Å²) in [7, 11) is 1.95. The minimum Gasteiger partial charge on any atom is -0.395 e. The SMILES string of the molecule is Cn1ccnc1Sc1ccc(Nc2c(C#N)cnc3cc(-c4cccc(CN5CCN(CCO)CC5)c4)ccc23)cc1Cl. The summed E-state index contributed by atoms with van der Waals surface area (Å²) in [5, 5.41) is 24.8. The molecule has 1 saturated heterocycles. The Morgan fingerprint density at radius 1 is 1.00 bits per heavy atom. The van der Waals surface area contributed by atoms with E-state index < -0.39 is 0 Å². The summed E-state index contributed by atoms with van der Waals surface area (Å²) < 4.78 is 1.95. The van der Waals surface area contributed by atoms with Crippen LogP contribution in [0.1, 0.15) is 11.1 Å². The van der Waals surface area contributed by atoms with Crippen LogP contribution in [0.3, 0.4) is 0 Å². The first-order valence-corrected chi connectivity index (χ1v) is 15.4. The first-order chi connectivity index (χ1) is 21.0. The van der Waals surface area contributed by atoms with E-state index in [0.29, 0.717) is 16.3 Å². The summed E-state index contributed by atoms with van der Waals surface area (Å²) in [4.78, 5) is 14.7. The second-order valence-corrected chi connectivity index (χ2v) is 12.0. The fraction of sp³-hybridized carbons (Fsp3) is 0.242. The van der Waals surface area contributed by atoms with E-state index in [4.69, 9.17) is 11.6 Å². The zero-order chi connectivity index (χ0) is 29.8. The zero-order valence-corrected chi connectivity index (χ0v) is 25.4. The van der Waals surface area contributed by atoms with Gasteiger partial charge in [0.1, 0.15) is 6.07 Å². The number of fused-ring (bicyclic) bond motifs is 1. The maximum atomic E-state index is 9.88. The van der Waals surface area contributed by atoms with Crippen LogP contribution in [-0.2, 0) is 13.6 Å². The van der Waals surface area contributed by atoms with E-state index in [-0.39, 0.29) is 6.61 Å². The summed E-state index contributed by atoms with van der Waals surface area (Å²) in [6.07, 6.45) is 5.28. The highest BCUT2D eigenvalue weighted by atomic mass is 35.5. The molecule has 1 aliphatic heterocycles. The minimum absolute atomic E-state index is 0.214. The topological polar surface area (TPSA) is 93.2 Å². The number of aliphatic hydroxyl groups excluding tert-OH is 1. The molecule has 1 aliphatic rings. The second kappa shape index (κ2) is 13.2. The molecule has 43 heavy (non-hydrogen) atoms. The summed E-state index contributed by atoms with van der Waals surface area (Å²) in [5.74, 6) is 0. The average molecular weight is 610 g/mol. The average Bonchev–Trinajstić information content (AvgIpc) is 3.43. The number of β-amino-alcohol motifs (C(OH)–C–C–N with tert-alkyl or cyclic N) is 1. The molecule has 0 radical (unpaired) electrons. The molecule has 3 heterocycles. The van der Waals surface area contributed by atoms with Crippen molar-refractivity contribution in [2.75, 3.05) is 44.6 Å². The van der Waals surface area contributed by atoms with Crippen molar-refractivity contribution in [3.8, 4) is 17.2 Å². The van der Waals surface area contributed by atoms with Crippen molar-refractivity contribution in [3.05, 3.63) is 95.4 Å². The number of nitrogens with one attached hydrogen (secondary N) is 1. The van der Waals surface area contributed by atoms with Crippen molar-refractivity contribution < 1.29 is 5.11 Å². The number of anilines is 2. The Bertz CT molecular complexity index is 1790. The molecule has 0 unspecified atom stereocenters. The summed E-state index contributed by atoms with van der Waals surface area (Å²) >= 11 is 8.15. The molecule has 5 aromatic rings. The second-order valence-electron chi connectivity index (χ2n) is 10.6. The summed E-state index contributed by atoms with van der Waals surface area (Å²) in [6, 6.07) is 22.9. The van der Waals surface area contributed by atoms with Gasteiger partial charge in [0, 0.05) is 80.9 Å². The Labute approximate surface area is 260 Å². The van der Waals surface area contributed by atoms with E-state index >= 15 is 0 Å². The standard InChI is InChI=1S/C33H32ClN7OS/c1-39-10-9-36-33(39)43-31-8-6-27(19-29(31)34)38-32-26(20-35)21-37-30-18-25(5-7-28(30)32)24-4-2-3-23(17-24)22-41-13-11-40(12-14-41)15-16-42/h2-10,17-19,21,42H,11-16,22H2,1H3,(H,37,38). The van der Waals surface area contributed by atoms with E-state index in [9.17, 15) is 10.4 Å². The quantitative estimate of drug-likeness (QED) is 0.205. The molecular weight excluding hydrogens is 578 g/mol. The zero-order valence-electron chi connectivity index (χ0n) is 23.9. The Hall–Kier alpha value is -3.91. The molecule has 0 saturated carbocycles. The third-order valence-corrected chi connectivity index (χ3v) is 9.29. The number of rotatable bonds is 9. The number of aliphatic hydroxyl groups is 1. The van der Waals surface area contributed by atoms with Crippen LogP contribution in [0, 0.1) is 11.3 Å². The molecule has 218 valence electrons. The molecule has 2 aromatic heterocycles. The molecule has 0 amide bonds. The van der Waals surface area contributed by atoms with Crippen molar-refractivity contribution in [2.24, 2.45) is 7.05 Å². The smallest absolute Gasteiger partial charge is 0.172 e. The molecule has 0 atom stereocenters. The Morgan fingerprint density at radius 3 is 2.56 bits per heavy atom. The van der Waals surface area contributed by atoms with Crippen LogP contribution in [0.5, 0.6) is 0 Å². The van der Waals surface area contributed by atoms with Crippen LogP contribution in [-0.4, -0.2) is 68.8 Å². The fourth-order valence-electron chi connectivity index (χ4n) is 5.37. The van der Waals surface area contributed by atoms with Crippen LogP contribution in [0.15, 0.2) is 89.3 Å². The van der Waals surface area contributed by atoms with Crippen molar-refractivity contribution in [2.45, 2.75) is 16.6 Å². The van der Waals surface area contributed by atoms with Crippen LogP contribution in [0.25, 0.3) is 22.0 Å². The van der Waals surface area contributed by atoms with Crippen LogP contribution in [0.2, 0.25) is 5.02 Å². The maximum Gasteiger partial charge on any atom is 0.172 e. The van der Waals surface area contributed by atoms with Crippen molar-refractivity contribution >= 4 is 45.6 Å². The van der Waals surface area contributed by atoms with Crippen molar-refractivity contribution in [3.63, 3.8) is 0 Å². The van der Waals surface area contributed by atoms with Gasteiger partial charge in [-0.15, -0.1) is 0 Å². The highest BCUT2D eigenvalue weighted by molar-refractivity contribution is 7.99. The number of hydrogen-bond acceptors (Lipinski definition) is 8. The molecule has 10 heteroatoms. The van der Waals surface area contributed by atoms with Gasteiger partial charge >= 0.3 is 0 Å². The molecule has 0 bridgehead atoms. The number of imidazole rings is 1. The predicted molar refractivity (Wildman–Crippen MR) is 173 cm³/mol. The highest BCUT2D eigenvalue weighted by Crippen LogP contribution is 2.36. The molecule has 3 aromatic carbocycles. The normalized spacial score (nSPS) is 14.2. The molecule has 1 fully saturated rings. The third kappa shape index (κ3) is 6.69. The van der Waals surface area contributed by atoms with E-state index in [1.54, 1.807) is 12.4 Å². The molecule has 0 spiro atoms. The van der Waals surface area contributed by atoms with E-state index in [0.717, 1.165) is 77.0 Å². The van der Waals surface area contributed by atoms with E-state index in [2.05, 4.69) is 67.6 Å². The fourth-order valence-corrected chi connectivity index (χ4v) is 6.47. The number of nitriles is 1. The van der Waals surface area contributed by atoms with E-state index in [1.807, 2.05) is 42.1 Å². The van der Waals surface area contributed by atoms with Gasteiger partial charge in [0.2, 0.25) is 0 Å². The van der Waals surface area contributed by atoms with Crippen molar-refractivity contribution in [1.82, 2.24) is 24.3 Å². The molecule has 0 aliphatic carbocycles. The van der Waals surface area contributed by atoms with Crippen LogP contribution >= 0.6 is 23.4 Å². The number of hydrogen-bond donors (Lipinski definition) is 2. The first-order valence-electron chi connectivity index (χ1n) is 14.2. The predicted octanol–water partition coefficient (Wildman–Crippen LogP) is 6.17. The van der Waals surface area contributed by atoms with Gasteiger partial charge in [-0.05, 0) is 47.0 Å². The minimum atomic E-state index is 0.214. The lowest BCUT2D eigenvalue weighted by Gasteiger charge is -2.34. The lowest BCUT2D eigenvalue weighted by molar-refractivity contribution is 0.108. The van der Waals surface area contributed by atoms with Gasteiger partial charge in [0.15, 0.2) is 5.16 Å². The molecule has 6 rings (SSSR count). The number of pyridine rings is 1. The lowest BCUT2D eigenvalue weighted by Crippen LogP contribution is -2.46. The Kier molecular flexibility index (Phi) is 8.93. The Morgan fingerprint density at radius 2 is 1.81 bits per heavy atom. The number of aryl methyl sites for hydroxylation is 1. The van der Waals surface area contributed by atoms with Gasteiger partial charge in [0.05, 0.1) is 28.4 Å². The lowest BCUT2D eigenvalue weighted by atomic mass is 10.00. The molecule has 2 N–H and O–H groups in total. The number of halogens is 1. The van der Waals surface area contributed by atoms with Gasteiger partial charge in [-0.1, -0.05) is 53.7 Å². The summed E-state index contributed by atoms with van der Waals surface area (Å²) in [5.41, 5.74) is 6.22. The highest BCUT2D eigenvalue weighted by Gasteiger charge is 2.17. The number of aromatic nitrogens is 3. The van der Waals surface area contributed by atoms with Crippen molar-refractivity contribution in [1.29, 1.82) is 5.26 Å². The number of nitrogens with zero attached hydrogens (tertiary/aromatic N) is 6. The number of piperazine rings is 1. The van der Waals surface area contributed by atoms with E-state index in [1.165, 1.54) is 17.3 Å². The van der Waals surface area contributed by atoms with Gasteiger partial charge in [-0.25, -0.2) is 4.98 Å². The molecular formula is C33H32ClN7OS. The van der Waals surface area contributed by atoms with Crippen LogP contribution in [0.4, 0.5) is 11.4 Å². The maximum absolute atomic E-state index is 9.88.